The maximum absolute atomic E-state index is 12.5. The normalized spacial score (nSPS) is 20.5. The standard InChI is InChI=1S/C14H20F3N3O/c15-14(16,17)11-4-6-19-13(9-11)18-5-2-8-20-7-1-3-12(21)10-20/h4,6,9,12,21H,1-3,5,7-8,10H2,(H,18,19)/t12-/m1/s1. The van der Waals surface area contributed by atoms with Crippen molar-refractivity contribution in [1.29, 1.82) is 0 Å². The monoisotopic (exact) mass is 303 g/mol. The first-order valence-corrected chi connectivity index (χ1v) is 7.13. The van der Waals surface area contributed by atoms with E-state index in [1.165, 1.54) is 0 Å². The van der Waals surface area contributed by atoms with E-state index in [0.29, 0.717) is 13.1 Å². The molecule has 2 heterocycles. The van der Waals surface area contributed by atoms with Crippen molar-refractivity contribution in [2.75, 3.05) is 31.5 Å². The highest BCUT2D eigenvalue weighted by molar-refractivity contribution is 5.38. The molecule has 2 rings (SSSR count). The second-order valence-corrected chi connectivity index (χ2v) is 5.30. The Morgan fingerprint density at radius 2 is 2.24 bits per heavy atom. The minimum absolute atomic E-state index is 0.239. The van der Waals surface area contributed by atoms with E-state index in [4.69, 9.17) is 0 Å². The fourth-order valence-electron chi connectivity index (χ4n) is 2.46. The van der Waals surface area contributed by atoms with Crippen LogP contribution in [0.15, 0.2) is 18.3 Å². The molecular formula is C14H20F3N3O. The fraction of sp³-hybridized carbons (Fsp3) is 0.643. The van der Waals surface area contributed by atoms with E-state index >= 15 is 0 Å². The summed E-state index contributed by atoms with van der Waals surface area (Å²) in [4.78, 5) is 6.06. The molecule has 0 aromatic carbocycles. The van der Waals surface area contributed by atoms with Gasteiger partial charge in [0.2, 0.25) is 0 Å². The summed E-state index contributed by atoms with van der Waals surface area (Å²) in [7, 11) is 0. The van der Waals surface area contributed by atoms with Crippen molar-refractivity contribution in [1.82, 2.24) is 9.88 Å². The van der Waals surface area contributed by atoms with Crippen molar-refractivity contribution in [3.05, 3.63) is 23.9 Å². The van der Waals surface area contributed by atoms with Crippen LogP contribution in [-0.2, 0) is 6.18 Å². The number of nitrogens with zero attached hydrogens (tertiary/aromatic N) is 2. The number of nitrogens with one attached hydrogen (secondary N) is 1. The van der Waals surface area contributed by atoms with Gasteiger partial charge in [0.25, 0.3) is 0 Å². The van der Waals surface area contributed by atoms with Gasteiger partial charge in [-0.1, -0.05) is 0 Å². The molecule has 0 bridgehead atoms. The molecule has 0 unspecified atom stereocenters. The van der Waals surface area contributed by atoms with Gasteiger partial charge in [0, 0.05) is 19.3 Å². The van der Waals surface area contributed by atoms with Gasteiger partial charge in [-0.25, -0.2) is 4.98 Å². The molecule has 0 radical (unpaired) electrons. The van der Waals surface area contributed by atoms with Gasteiger partial charge in [0.1, 0.15) is 5.82 Å². The van der Waals surface area contributed by atoms with Crippen LogP contribution in [0, 0.1) is 0 Å². The second-order valence-electron chi connectivity index (χ2n) is 5.30. The summed E-state index contributed by atoms with van der Waals surface area (Å²) in [6, 6.07) is 1.98. The van der Waals surface area contributed by atoms with E-state index in [2.05, 4.69) is 15.2 Å². The number of rotatable bonds is 5. The highest BCUT2D eigenvalue weighted by Gasteiger charge is 2.30. The Morgan fingerprint density at radius 3 is 2.95 bits per heavy atom. The number of alkyl halides is 3. The van der Waals surface area contributed by atoms with Gasteiger partial charge >= 0.3 is 6.18 Å². The number of hydrogen-bond donors (Lipinski definition) is 2. The van der Waals surface area contributed by atoms with Crippen LogP contribution in [-0.4, -0.2) is 47.3 Å². The van der Waals surface area contributed by atoms with Gasteiger partial charge in [-0.2, -0.15) is 13.2 Å². The number of piperidine rings is 1. The second kappa shape index (κ2) is 7.09. The Hall–Kier alpha value is -1.34. The maximum atomic E-state index is 12.5. The van der Waals surface area contributed by atoms with Crippen molar-refractivity contribution in [2.24, 2.45) is 0 Å². The largest absolute Gasteiger partial charge is 0.416 e. The molecule has 0 aliphatic carbocycles. The average Bonchev–Trinajstić information content (AvgIpc) is 2.43. The van der Waals surface area contributed by atoms with E-state index in [-0.39, 0.29) is 11.9 Å². The fourth-order valence-corrected chi connectivity index (χ4v) is 2.46. The lowest BCUT2D eigenvalue weighted by Gasteiger charge is -2.29. The molecule has 1 aromatic rings. The lowest BCUT2D eigenvalue weighted by atomic mass is 10.1. The molecule has 1 aliphatic rings. The summed E-state index contributed by atoms with van der Waals surface area (Å²) < 4.78 is 37.6. The highest BCUT2D eigenvalue weighted by atomic mass is 19.4. The van der Waals surface area contributed by atoms with E-state index in [9.17, 15) is 18.3 Å². The average molecular weight is 303 g/mol. The van der Waals surface area contributed by atoms with E-state index in [1.807, 2.05) is 0 Å². The van der Waals surface area contributed by atoms with Gasteiger partial charge in [-0.3, -0.25) is 0 Å². The van der Waals surface area contributed by atoms with Crippen LogP contribution in [0.4, 0.5) is 19.0 Å². The van der Waals surface area contributed by atoms with Crippen molar-refractivity contribution in [3.8, 4) is 0 Å². The molecule has 0 amide bonds. The third-order valence-electron chi connectivity index (χ3n) is 3.53. The van der Waals surface area contributed by atoms with Crippen LogP contribution in [0.1, 0.15) is 24.8 Å². The molecular weight excluding hydrogens is 283 g/mol. The maximum Gasteiger partial charge on any atom is 0.416 e. The Kier molecular flexibility index (Phi) is 5.41. The lowest BCUT2D eigenvalue weighted by molar-refractivity contribution is -0.137. The zero-order valence-corrected chi connectivity index (χ0v) is 11.7. The molecule has 7 heteroatoms. The molecule has 1 aliphatic heterocycles. The number of anilines is 1. The van der Waals surface area contributed by atoms with Crippen LogP contribution in [0.25, 0.3) is 0 Å². The molecule has 1 aromatic heterocycles. The minimum Gasteiger partial charge on any atom is -0.392 e. The van der Waals surface area contributed by atoms with Gasteiger partial charge in [-0.05, 0) is 44.5 Å². The highest BCUT2D eigenvalue weighted by Crippen LogP contribution is 2.29. The molecule has 21 heavy (non-hydrogen) atoms. The van der Waals surface area contributed by atoms with Crippen LogP contribution < -0.4 is 5.32 Å². The number of β-amino-alcohol motifs (C(OH)–C–C–N with tert-alkyl or cyclic N) is 1. The van der Waals surface area contributed by atoms with Crippen molar-refractivity contribution >= 4 is 5.82 Å². The molecule has 1 saturated heterocycles. The third kappa shape index (κ3) is 5.17. The van der Waals surface area contributed by atoms with Crippen LogP contribution in [0.5, 0.6) is 0 Å². The van der Waals surface area contributed by atoms with E-state index in [0.717, 1.165) is 50.7 Å². The van der Waals surface area contributed by atoms with Crippen LogP contribution in [0.3, 0.4) is 0 Å². The minimum atomic E-state index is -4.34. The number of aliphatic hydroxyl groups is 1. The van der Waals surface area contributed by atoms with Crippen molar-refractivity contribution in [2.45, 2.75) is 31.5 Å². The van der Waals surface area contributed by atoms with Gasteiger partial charge in [0.15, 0.2) is 0 Å². The summed E-state index contributed by atoms with van der Waals surface area (Å²) in [5.74, 6) is 0.239. The van der Waals surface area contributed by atoms with Crippen molar-refractivity contribution < 1.29 is 18.3 Å². The predicted octanol–water partition coefficient (Wildman–Crippen LogP) is 2.36. The Labute approximate surface area is 122 Å². The molecule has 2 N–H and O–H groups in total. The quantitative estimate of drug-likeness (QED) is 0.820. The first-order chi connectivity index (χ1) is 9.95. The first kappa shape index (κ1) is 16.0. The number of pyridine rings is 1. The summed E-state index contributed by atoms with van der Waals surface area (Å²) >= 11 is 0. The van der Waals surface area contributed by atoms with Gasteiger partial charge in [-0.15, -0.1) is 0 Å². The summed E-state index contributed by atoms with van der Waals surface area (Å²) in [6.45, 7) is 3.03. The topological polar surface area (TPSA) is 48.4 Å². The zero-order valence-electron chi connectivity index (χ0n) is 11.7. The van der Waals surface area contributed by atoms with Crippen LogP contribution in [0.2, 0.25) is 0 Å². The summed E-state index contributed by atoms with van der Waals surface area (Å²) in [6.07, 6.45) is -0.802. The zero-order chi connectivity index (χ0) is 15.3. The third-order valence-corrected chi connectivity index (χ3v) is 3.53. The van der Waals surface area contributed by atoms with E-state index in [1.54, 1.807) is 0 Å². The SMILES string of the molecule is O[C@@H]1CCCN(CCCNc2cc(C(F)(F)F)ccn2)C1. The molecule has 4 nitrogen and oxygen atoms in total. The smallest absolute Gasteiger partial charge is 0.392 e. The molecule has 1 atom stereocenters. The Bertz CT molecular complexity index is 453. The number of hydrogen-bond acceptors (Lipinski definition) is 4. The van der Waals surface area contributed by atoms with E-state index < -0.39 is 11.7 Å². The lowest BCUT2D eigenvalue weighted by Crippen LogP contribution is -2.39. The molecule has 1 fully saturated rings. The summed E-state index contributed by atoms with van der Waals surface area (Å²) in [5.41, 5.74) is -0.695. The number of aromatic nitrogens is 1. The Morgan fingerprint density at radius 1 is 1.43 bits per heavy atom. The van der Waals surface area contributed by atoms with Gasteiger partial charge < -0.3 is 15.3 Å². The summed E-state index contributed by atoms with van der Waals surface area (Å²) in [5, 5.41) is 12.5. The molecule has 118 valence electrons. The van der Waals surface area contributed by atoms with Crippen molar-refractivity contribution in [3.63, 3.8) is 0 Å². The first-order valence-electron chi connectivity index (χ1n) is 7.13. The predicted molar refractivity (Wildman–Crippen MR) is 74.0 cm³/mol. The Balaban J connectivity index is 1.73. The number of likely N-dealkylation sites (tertiary alicyclic amines) is 1. The molecule has 0 saturated carbocycles. The molecule has 0 spiro atoms. The number of halogens is 3. The van der Waals surface area contributed by atoms with Gasteiger partial charge in [0.05, 0.1) is 11.7 Å². The number of aliphatic hydroxyl groups excluding tert-OH is 1. The van der Waals surface area contributed by atoms with Crippen LogP contribution >= 0.6 is 0 Å².